The van der Waals surface area contributed by atoms with Crippen molar-refractivity contribution in [1.29, 1.82) is 0 Å². The third-order valence-electron chi connectivity index (χ3n) is 5.14. The fourth-order valence-corrected chi connectivity index (χ4v) is 3.38. The first-order chi connectivity index (χ1) is 14.6. The maximum Gasteiger partial charge on any atom is 0.263 e. The van der Waals surface area contributed by atoms with Crippen LogP contribution in [0.3, 0.4) is 0 Å². The average molecular weight is 406 g/mol. The molecule has 0 unspecified atom stereocenters. The number of piperidine rings is 1. The van der Waals surface area contributed by atoms with Gasteiger partial charge in [-0.05, 0) is 61.2 Å². The minimum absolute atomic E-state index is 0.324. The van der Waals surface area contributed by atoms with Crippen LogP contribution < -0.4 is 15.0 Å². The zero-order valence-electron chi connectivity index (χ0n) is 16.7. The van der Waals surface area contributed by atoms with Crippen molar-refractivity contribution in [1.82, 2.24) is 9.97 Å². The Morgan fingerprint density at radius 1 is 1.10 bits per heavy atom. The highest BCUT2D eigenvalue weighted by Gasteiger charge is 2.21. The maximum absolute atomic E-state index is 13.3. The number of nitrogens with zero attached hydrogens (tertiary/aromatic N) is 3. The van der Waals surface area contributed by atoms with E-state index in [9.17, 15) is 9.18 Å². The number of nitrogens with one attached hydrogen (secondary N) is 1. The number of benzene rings is 2. The molecule has 0 bridgehead atoms. The number of carbonyl (C=O) groups is 1. The van der Waals surface area contributed by atoms with Crippen LogP contribution in [-0.2, 0) is 0 Å². The first kappa shape index (κ1) is 19.8. The molecule has 30 heavy (non-hydrogen) atoms. The molecule has 1 aliphatic heterocycles. The molecule has 1 aliphatic rings. The molecule has 0 radical (unpaired) electrons. The Hall–Kier alpha value is -3.48. The zero-order valence-corrected chi connectivity index (χ0v) is 16.7. The van der Waals surface area contributed by atoms with Crippen LogP contribution in [0.2, 0.25) is 0 Å². The molecule has 0 aliphatic carbocycles. The molecular weight excluding hydrogens is 383 g/mol. The van der Waals surface area contributed by atoms with E-state index < -0.39 is 5.82 Å². The zero-order chi connectivity index (χ0) is 20.9. The summed E-state index contributed by atoms with van der Waals surface area (Å²) in [7, 11) is 0. The molecular formula is C23H23FN4O2. The molecule has 1 aromatic heterocycles. The predicted molar refractivity (Wildman–Crippen MR) is 114 cm³/mol. The molecule has 0 spiro atoms. The van der Waals surface area contributed by atoms with Gasteiger partial charge in [-0.1, -0.05) is 13.0 Å². The highest BCUT2D eigenvalue weighted by atomic mass is 19.1. The van der Waals surface area contributed by atoms with Gasteiger partial charge in [0.05, 0.1) is 0 Å². The fourth-order valence-electron chi connectivity index (χ4n) is 3.38. The van der Waals surface area contributed by atoms with Crippen LogP contribution in [0.4, 0.5) is 15.9 Å². The van der Waals surface area contributed by atoms with Crippen LogP contribution in [0.1, 0.15) is 30.1 Å². The number of amides is 1. The van der Waals surface area contributed by atoms with Crippen LogP contribution in [0.25, 0.3) is 0 Å². The number of aromatic nitrogens is 2. The summed E-state index contributed by atoms with van der Waals surface area (Å²) in [6.45, 7) is 4.11. The molecule has 7 heteroatoms. The van der Waals surface area contributed by atoms with Gasteiger partial charge in [0.15, 0.2) is 5.82 Å². The SMILES string of the molecule is CC1CCN(c2nccnc2Oc2ccc(C(=O)Nc3cccc(F)c3)cc2)CC1. The highest BCUT2D eigenvalue weighted by Crippen LogP contribution is 2.31. The lowest BCUT2D eigenvalue weighted by molar-refractivity contribution is 0.102. The molecule has 4 rings (SSSR count). The lowest BCUT2D eigenvalue weighted by atomic mass is 9.99. The lowest BCUT2D eigenvalue weighted by Gasteiger charge is -2.31. The van der Waals surface area contributed by atoms with E-state index in [-0.39, 0.29) is 5.91 Å². The summed E-state index contributed by atoms with van der Waals surface area (Å²) in [6.07, 6.45) is 5.50. The normalized spacial score (nSPS) is 14.4. The monoisotopic (exact) mass is 406 g/mol. The summed E-state index contributed by atoms with van der Waals surface area (Å²) >= 11 is 0. The Kier molecular flexibility index (Phi) is 5.88. The molecule has 154 valence electrons. The van der Waals surface area contributed by atoms with Crippen molar-refractivity contribution in [3.8, 4) is 11.6 Å². The molecule has 1 amide bonds. The Labute approximate surface area is 174 Å². The highest BCUT2D eigenvalue weighted by molar-refractivity contribution is 6.04. The van der Waals surface area contributed by atoms with Crippen molar-refractivity contribution in [2.75, 3.05) is 23.3 Å². The van der Waals surface area contributed by atoms with Gasteiger partial charge in [0, 0.05) is 36.7 Å². The molecule has 2 aromatic carbocycles. The summed E-state index contributed by atoms with van der Waals surface area (Å²) < 4.78 is 19.2. The van der Waals surface area contributed by atoms with Crippen molar-refractivity contribution in [3.63, 3.8) is 0 Å². The molecule has 6 nitrogen and oxygen atoms in total. The van der Waals surface area contributed by atoms with Crippen LogP contribution in [-0.4, -0.2) is 29.0 Å². The largest absolute Gasteiger partial charge is 0.436 e. The number of carbonyl (C=O) groups excluding carboxylic acids is 1. The van der Waals surface area contributed by atoms with Gasteiger partial charge in [-0.3, -0.25) is 4.79 Å². The molecule has 3 aromatic rings. The van der Waals surface area contributed by atoms with E-state index >= 15 is 0 Å². The third kappa shape index (κ3) is 4.74. The van der Waals surface area contributed by atoms with Crippen LogP contribution in [0.15, 0.2) is 60.9 Å². The number of hydrogen-bond acceptors (Lipinski definition) is 5. The van der Waals surface area contributed by atoms with Gasteiger partial charge >= 0.3 is 0 Å². The topological polar surface area (TPSA) is 67.3 Å². The van der Waals surface area contributed by atoms with E-state index in [0.717, 1.165) is 31.7 Å². The van der Waals surface area contributed by atoms with Gasteiger partial charge in [-0.2, -0.15) is 0 Å². The molecule has 1 N–H and O–H groups in total. The van der Waals surface area contributed by atoms with Crippen LogP contribution in [0, 0.1) is 11.7 Å². The number of ether oxygens (including phenoxy) is 1. The molecule has 1 saturated heterocycles. The van der Waals surface area contributed by atoms with E-state index in [4.69, 9.17) is 4.74 Å². The van der Waals surface area contributed by atoms with Crippen molar-refractivity contribution in [3.05, 3.63) is 72.3 Å². The van der Waals surface area contributed by atoms with Crippen LogP contribution in [0.5, 0.6) is 11.6 Å². The van der Waals surface area contributed by atoms with Gasteiger partial charge in [0.1, 0.15) is 11.6 Å². The Morgan fingerprint density at radius 3 is 2.57 bits per heavy atom. The summed E-state index contributed by atoms with van der Waals surface area (Å²) in [5.74, 6) is 1.73. The molecule has 2 heterocycles. The van der Waals surface area contributed by atoms with E-state index in [1.54, 1.807) is 48.8 Å². The maximum atomic E-state index is 13.3. The summed E-state index contributed by atoms with van der Waals surface area (Å²) in [5.41, 5.74) is 0.844. The first-order valence-corrected chi connectivity index (χ1v) is 9.99. The van der Waals surface area contributed by atoms with E-state index in [2.05, 4.69) is 27.1 Å². The van der Waals surface area contributed by atoms with Crippen molar-refractivity contribution in [2.24, 2.45) is 5.92 Å². The van der Waals surface area contributed by atoms with Crippen molar-refractivity contribution >= 4 is 17.4 Å². The minimum atomic E-state index is -0.403. The molecule has 0 atom stereocenters. The smallest absolute Gasteiger partial charge is 0.263 e. The second kappa shape index (κ2) is 8.90. The van der Waals surface area contributed by atoms with E-state index in [1.807, 2.05) is 0 Å². The number of anilines is 2. The minimum Gasteiger partial charge on any atom is -0.436 e. The summed E-state index contributed by atoms with van der Waals surface area (Å²) in [5, 5.41) is 2.68. The predicted octanol–water partition coefficient (Wildman–Crippen LogP) is 4.90. The number of halogens is 1. The Morgan fingerprint density at radius 2 is 1.83 bits per heavy atom. The van der Waals surface area contributed by atoms with Gasteiger partial charge < -0.3 is 15.0 Å². The van der Waals surface area contributed by atoms with Crippen molar-refractivity contribution in [2.45, 2.75) is 19.8 Å². The molecule has 0 saturated carbocycles. The second-order valence-electron chi connectivity index (χ2n) is 7.45. The second-order valence-corrected chi connectivity index (χ2v) is 7.45. The van der Waals surface area contributed by atoms with Gasteiger partial charge in [0.2, 0.25) is 0 Å². The molecule has 1 fully saturated rings. The standard InChI is InChI=1S/C23H23FN4O2/c1-16-9-13-28(14-10-16)21-23(26-12-11-25-21)30-20-7-5-17(6-8-20)22(29)27-19-4-2-3-18(24)15-19/h2-8,11-12,15-16H,9-10,13-14H2,1H3,(H,27,29). The van der Waals surface area contributed by atoms with Crippen LogP contribution >= 0.6 is 0 Å². The van der Waals surface area contributed by atoms with Gasteiger partial charge in [-0.25, -0.2) is 14.4 Å². The third-order valence-corrected chi connectivity index (χ3v) is 5.14. The quantitative estimate of drug-likeness (QED) is 0.653. The van der Waals surface area contributed by atoms with E-state index in [0.29, 0.717) is 28.8 Å². The number of rotatable bonds is 5. The number of hydrogen-bond donors (Lipinski definition) is 1. The Bertz CT molecular complexity index is 1020. The summed E-state index contributed by atoms with van der Waals surface area (Å²) in [6, 6.07) is 12.5. The first-order valence-electron chi connectivity index (χ1n) is 9.99. The lowest BCUT2D eigenvalue weighted by Crippen LogP contribution is -2.33. The Balaban J connectivity index is 1.44. The van der Waals surface area contributed by atoms with E-state index in [1.165, 1.54) is 12.1 Å². The van der Waals surface area contributed by atoms with Gasteiger partial charge in [0.25, 0.3) is 11.8 Å². The fraction of sp³-hybridized carbons (Fsp3) is 0.261. The van der Waals surface area contributed by atoms with Gasteiger partial charge in [-0.15, -0.1) is 0 Å². The average Bonchev–Trinajstić information content (AvgIpc) is 2.75. The summed E-state index contributed by atoms with van der Waals surface area (Å²) in [4.78, 5) is 23.4. The van der Waals surface area contributed by atoms with Crippen molar-refractivity contribution < 1.29 is 13.9 Å².